The minimum absolute atomic E-state index is 0.186. The average molecular weight is 365 g/mol. The molecule has 2 N–H and O–H groups in total. The van der Waals surface area contributed by atoms with Crippen LogP contribution < -0.4 is 10.0 Å². The fraction of sp³-hybridized carbons (Fsp3) is 0.231. The van der Waals surface area contributed by atoms with E-state index in [0.717, 1.165) is 9.75 Å². The highest BCUT2D eigenvalue weighted by Gasteiger charge is 2.21. The van der Waals surface area contributed by atoms with E-state index in [1.807, 2.05) is 7.05 Å². The number of nitrogens with one attached hydrogen (secondary N) is 2. The first-order valence-corrected chi connectivity index (χ1v) is 9.11. The van der Waals surface area contributed by atoms with Crippen molar-refractivity contribution in [1.29, 1.82) is 0 Å². The van der Waals surface area contributed by atoms with Crippen LogP contribution in [0.1, 0.15) is 9.75 Å². The molecule has 0 aliphatic carbocycles. The Morgan fingerprint density at radius 3 is 2.67 bits per heavy atom. The highest BCUT2D eigenvalue weighted by Crippen LogP contribution is 2.33. The second-order valence-corrected chi connectivity index (χ2v) is 8.15. The first kappa shape index (κ1) is 16.6. The maximum Gasteiger partial charge on any atom is 0.263 e. The van der Waals surface area contributed by atoms with Crippen LogP contribution in [0.15, 0.2) is 29.2 Å². The van der Waals surface area contributed by atoms with Gasteiger partial charge in [0.05, 0.1) is 15.7 Å². The summed E-state index contributed by atoms with van der Waals surface area (Å²) in [7, 11) is -1.88. The maximum absolute atomic E-state index is 12.5. The Morgan fingerprint density at radius 1 is 1.29 bits per heavy atom. The van der Waals surface area contributed by atoms with Gasteiger partial charge in [-0.05, 0) is 32.2 Å². The lowest BCUT2D eigenvalue weighted by atomic mass is 10.3. The number of sulfonamides is 1. The predicted molar refractivity (Wildman–Crippen MR) is 89.1 cm³/mol. The van der Waals surface area contributed by atoms with Crippen molar-refractivity contribution in [1.82, 2.24) is 5.32 Å². The molecule has 4 nitrogen and oxygen atoms in total. The second kappa shape index (κ2) is 6.54. The monoisotopic (exact) mass is 364 g/mol. The molecule has 2 rings (SSSR count). The normalized spacial score (nSPS) is 11.6. The lowest BCUT2D eigenvalue weighted by molar-refractivity contribution is 0.601. The fourth-order valence-corrected chi connectivity index (χ4v) is 4.96. The van der Waals surface area contributed by atoms with Gasteiger partial charge in [-0.15, -0.1) is 11.3 Å². The minimum atomic E-state index is -3.69. The number of benzene rings is 1. The van der Waals surface area contributed by atoms with E-state index in [9.17, 15) is 8.42 Å². The number of anilines is 1. The standard InChI is InChI=1S/C13H14Cl2N2O2S2/c1-8-12(6-9(20-8)7-16-2)21(18,19)17-11-5-3-4-10(14)13(11)15/h3-6,16-17H,7H2,1-2H3. The van der Waals surface area contributed by atoms with Crippen molar-refractivity contribution in [2.75, 3.05) is 11.8 Å². The maximum atomic E-state index is 12.5. The SMILES string of the molecule is CNCc1cc(S(=O)(=O)Nc2cccc(Cl)c2Cl)c(C)s1. The Bertz CT molecular complexity index is 758. The molecule has 1 aromatic heterocycles. The molecule has 0 saturated carbocycles. The molecular formula is C13H14Cl2N2O2S2. The Balaban J connectivity index is 2.36. The summed E-state index contributed by atoms with van der Waals surface area (Å²) >= 11 is 13.4. The van der Waals surface area contributed by atoms with Crippen LogP contribution >= 0.6 is 34.5 Å². The largest absolute Gasteiger partial charge is 0.315 e. The van der Waals surface area contributed by atoms with Gasteiger partial charge in [-0.3, -0.25) is 4.72 Å². The predicted octanol–water partition coefficient (Wildman–Crippen LogP) is 3.88. The van der Waals surface area contributed by atoms with Crippen molar-refractivity contribution in [3.05, 3.63) is 44.1 Å². The molecule has 114 valence electrons. The van der Waals surface area contributed by atoms with Gasteiger partial charge >= 0.3 is 0 Å². The van der Waals surface area contributed by atoms with Crippen LogP contribution in [0.3, 0.4) is 0 Å². The Morgan fingerprint density at radius 2 is 2.00 bits per heavy atom. The molecule has 0 bridgehead atoms. The van der Waals surface area contributed by atoms with Crippen LogP contribution in [0.4, 0.5) is 5.69 Å². The van der Waals surface area contributed by atoms with Crippen molar-refractivity contribution in [2.24, 2.45) is 0 Å². The number of rotatable bonds is 5. The smallest absolute Gasteiger partial charge is 0.263 e. The van der Waals surface area contributed by atoms with E-state index >= 15 is 0 Å². The molecule has 21 heavy (non-hydrogen) atoms. The van der Waals surface area contributed by atoms with Crippen molar-refractivity contribution in [3.63, 3.8) is 0 Å². The van der Waals surface area contributed by atoms with Crippen molar-refractivity contribution in [3.8, 4) is 0 Å². The van der Waals surface area contributed by atoms with E-state index in [0.29, 0.717) is 11.6 Å². The summed E-state index contributed by atoms with van der Waals surface area (Å²) < 4.78 is 27.4. The number of aryl methyl sites for hydroxylation is 1. The summed E-state index contributed by atoms with van der Waals surface area (Å²) in [6, 6.07) is 6.47. The van der Waals surface area contributed by atoms with Gasteiger partial charge in [0.15, 0.2) is 0 Å². The zero-order valence-electron chi connectivity index (χ0n) is 11.4. The minimum Gasteiger partial charge on any atom is -0.315 e. The number of hydrogen-bond donors (Lipinski definition) is 2. The van der Waals surface area contributed by atoms with E-state index in [4.69, 9.17) is 23.2 Å². The highest BCUT2D eigenvalue weighted by atomic mass is 35.5. The molecule has 0 unspecified atom stereocenters. The Hall–Kier alpha value is -0.790. The van der Waals surface area contributed by atoms with E-state index in [1.165, 1.54) is 11.3 Å². The summed E-state index contributed by atoms with van der Waals surface area (Å²) in [6.07, 6.45) is 0. The quantitative estimate of drug-likeness (QED) is 0.845. The molecule has 0 amide bonds. The van der Waals surface area contributed by atoms with Gasteiger partial charge in [-0.1, -0.05) is 29.3 Å². The number of hydrogen-bond acceptors (Lipinski definition) is 4. The summed E-state index contributed by atoms with van der Waals surface area (Å²) in [5, 5.41) is 3.49. The Kier molecular flexibility index (Phi) is 5.16. The van der Waals surface area contributed by atoms with Crippen LogP contribution in [0.25, 0.3) is 0 Å². The van der Waals surface area contributed by atoms with Crippen LogP contribution in [0.2, 0.25) is 10.0 Å². The first-order chi connectivity index (χ1) is 9.85. The molecule has 0 spiro atoms. The van der Waals surface area contributed by atoms with Crippen LogP contribution in [-0.2, 0) is 16.6 Å². The second-order valence-electron chi connectivity index (χ2n) is 4.37. The van der Waals surface area contributed by atoms with Gasteiger partial charge in [0.2, 0.25) is 0 Å². The number of thiophene rings is 1. The summed E-state index contributed by atoms with van der Waals surface area (Å²) in [5.74, 6) is 0. The van der Waals surface area contributed by atoms with Crippen LogP contribution in [-0.4, -0.2) is 15.5 Å². The van der Waals surface area contributed by atoms with E-state index in [1.54, 1.807) is 31.2 Å². The van der Waals surface area contributed by atoms with Gasteiger partial charge < -0.3 is 5.32 Å². The van der Waals surface area contributed by atoms with Gasteiger partial charge in [0.25, 0.3) is 10.0 Å². The summed E-state index contributed by atoms with van der Waals surface area (Å²) in [6.45, 7) is 2.40. The Labute approximate surface area is 138 Å². The molecule has 0 saturated heterocycles. The molecule has 0 aliphatic rings. The third-order valence-corrected chi connectivity index (χ3v) is 6.25. The van der Waals surface area contributed by atoms with E-state index in [-0.39, 0.29) is 15.6 Å². The fourth-order valence-electron chi connectivity index (χ4n) is 1.83. The zero-order chi connectivity index (χ0) is 15.6. The lowest BCUT2D eigenvalue weighted by Crippen LogP contribution is -2.13. The molecule has 2 aromatic rings. The van der Waals surface area contributed by atoms with E-state index < -0.39 is 10.0 Å². The van der Waals surface area contributed by atoms with Crippen molar-refractivity contribution >= 4 is 50.2 Å². The molecule has 0 aliphatic heterocycles. The number of halogens is 2. The van der Waals surface area contributed by atoms with Crippen LogP contribution in [0.5, 0.6) is 0 Å². The molecule has 0 radical (unpaired) electrons. The third kappa shape index (κ3) is 3.70. The highest BCUT2D eigenvalue weighted by molar-refractivity contribution is 7.93. The average Bonchev–Trinajstić information content (AvgIpc) is 2.77. The molecule has 1 heterocycles. The molecular weight excluding hydrogens is 351 g/mol. The van der Waals surface area contributed by atoms with Gasteiger partial charge in [-0.2, -0.15) is 0 Å². The van der Waals surface area contributed by atoms with Crippen molar-refractivity contribution in [2.45, 2.75) is 18.4 Å². The summed E-state index contributed by atoms with van der Waals surface area (Å²) in [4.78, 5) is 1.94. The molecule has 8 heteroatoms. The molecule has 0 atom stereocenters. The van der Waals surface area contributed by atoms with Crippen LogP contribution in [0, 0.1) is 6.92 Å². The van der Waals surface area contributed by atoms with Crippen molar-refractivity contribution < 1.29 is 8.42 Å². The van der Waals surface area contributed by atoms with Gasteiger partial charge in [0, 0.05) is 16.3 Å². The van der Waals surface area contributed by atoms with Gasteiger partial charge in [0.1, 0.15) is 4.90 Å². The first-order valence-electron chi connectivity index (χ1n) is 6.06. The third-order valence-electron chi connectivity index (χ3n) is 2.76. The summed E-state index contributed by atoms with van der Waals surface area (Å²) in [5.41, 5.74) is 0.268. The topological polar surface area (TPSA) is 58.2 Å². The lowest BCUT2D eigenvalue weighted by Gasteiger charge is -2.10. The molecule has 1 aromatic carbocycles. The molecule has 0 fully saturated rings. The van der Waals surface area contributed by atoms with Gasteiger partial charge in [-0.25, -0.2) is 8.42 Å². The zero-order valence-corrected chi connectivity index (χ0v) is 14.6. The van der Waals surface area contributed by atoms with E-state index in [2.05, 4.69) is 10.0 Å².